The van der Waals surface area contributed by atoms with Gasteiger partial charge in [0.15, 0.2) is 6.61 Å². The number of ether oxygens (including phenoxy) is 1. The number of aliphatic hydroxyl groups excluding tert-OH is 1. The molecule has 0 amide bonds. The van der Waals surface area contributed by atoms with E-state index in [-0.39, 0.29) is 5.57 Å². The van der Waals surface area contributed by atoms with Gasteiger partial charge in [-0.3, -0.25) is 0 Å². The molecule has 0 fully saturated rings. The predicted molar refractivity (Wildman–Crippen MR) is 39.4 cm³/mol. The Balaban J connectivity index is 3.76. The fourth-order valence-electron chi connectivity index (χ4n) is 0.334. The summed E-state index contributed by atoms with van der Waals surface area (Å²) in [4.78, 5) is 20.7. The van der Waals surface area contributed by atoms with Crippen LogP contribution in [0.25, 0.3) is 0 Å². The van der Waals surface area contributed by atoms with E-state index in [1.165, 1.54) is 6.92 Å². The van der Waals surface area contributed by atoms with E-state index in [1.54, 1.807) is 0 Å². The molecule has 1 N–H and O–H groups in total. The minimum absolute atomic E-state index is 0.156. The van der Waals surface area contributed by atoms with Gasteiger partial charge in [0.25, 0.3) is 5.85 Å². The van der Waals surface area contributed by atoms with Crippen LogP contribution in [0.5, 0.6) is 0 Å². The highest BCUT2D eigenvalue weighted by Gasteiger charge is 2.19. The second kappa shape index (κ2) is 4.98. The zero-order chi connectivity index (χ0) is 9.72. The summed E-state index contributed by atoms with van der Waals surface area (Å²) in [5, 5.41) is 8.65. The van der Waals surface area contributed by atoms with Gasteiger partial charge in [-0.25, -0.2) is 4.79 Å². The van der Waals surface area contributed by atoms with Gasteiger partial charge < -0.3 is 14.7 Å². The normalized spacial score (nSPS) is 13.4. The maximum absolute atomic E-state index is 10.6. The van der Waals surface area contributed by atoms with Gasteiger partial charge in [-0.05, 0) is 6.92 Å². The number of hydrogen-bond donors (Lipinski definition) is 1. The van der Waals surface area contributed by atoms with Crippen LogP contribution in [0, 0.1) is 0 Å². The van der Waals surface area contributed by atoms with Crippen molar-refractivity contribution in [3.63, 3.8) is 0 Å². The topological polar surface area (TPSA) is 86.7 Å². The maximum Gasteiger partial charge on any atom is 0.344 e. The summed E-state index contributed by atoms with van der Waals surface area (Å²) in [7, 11) is -2.96. The summed E-state index contributed by atoms with van der Waals surface area (Å²) in [5.74, 6) is -2.35. The molecule has 0 radical (unpaired) electrons. The lowest BCUT2D eigenvalue weighted by molar-refractivity contribution is -0.174. The molecular weight excluding hydrogens is 183 g/mol. The largest absolute Gasteiger partial charge is 0.593 e. The van der Waals surface area contributed by atoms with Crippen LogP contribution in [0.3, 0.4) is 0 Å². The van der Waals surface area contributed by atoms with E-state index >= 15 is 0 Å². The molecule has 0 bridgehead atoms. The van der Waals surface area contributed by atoms with Gasteiger partial charge in [0.1, 0.15) is 0 Å². The molecule has 0 aliphatic rings. The minimum atomic E-state index is -2.96. The number of carbonyl (C=O) groups is 1. The van der Waals surface area contributed by atoms with E-state index in [1.807, 2.05) is 0 Å². The second-order valence-electron chi connectivity index (χ2n) is 2.14. The van der Waals surface area contributed by atoms with E-state index < -0.39 is 26.4 Å². The van der Waals surface area contributed by atoms with Crippen LogP contribution in [0.1, 0.15) is 6.92 Å². The van der Waals surface area contributed by atoms with Crippen molar-refractivity contribution in [3.05, 3.63) is 12.2 Å². The Hall–Kier alpha value is -0.770. The molecule has 2 unspecified atom stereocenters. The molecule has 0 aliphatic carbocycles. The molecular formula is C6H9O5P. The Bertz CT molecular complexity index is 212. The van der Waals surface area contributed by atoms with Crippen LogP contribution in [0.4, 0.5) is 0 Å². The van der Waals surface area contributed by atoms with Gasteiger partial charge in [-0.1, -0.05) is 11.1 Å². The van der Waals surface area contributed by atoms with E-state index in [0.717, 1.165) is 0 Å². The lowest BCUT2D eigenvalue weighted by atomic mass is 10.4. The van der Waals surface area contributed by atoms with Crippen molar-refractivity contribution in [1.29, 1.82) is 0 Å². The molecule has 0 aromatic heterocycles. The van der Waals surface area contributed by atoms with Crippen LogP contribution >= 0.6 is 8.03 Å². The third-order valence-corrected chi connectivity index (χ3v) is 1.59. The monoisotopic (exact) mass is 192 g/mol. The van der Waals surface area contributed by atoms with Crippen molar-refractivity contribution in [2.75, 3.05) is 6.61 Å². The Morgan fingerprint density at radius 2 is 2.33 bits per heavy atom. The van der Waals surface area contributed by atoms with Crippen molar-refractivity contribution in [2.24, 2.45) is 0 Å². The molecule has 0 aromatic rings. The third-order valence-electron chi connectivity index (χ3n) is 0.955. The first kappa shape index (κ1) is 11.2. The van der Waals surface area contributed by atoms with E-state index in [9.17, 15) is 14.3 Å². The van der Waals surface area contributed by atoms with Gasteiger partial charge >= 0.3 is 14.0 Å². The quantitative estimate of drug-likeness (QED) is 0.369. The molecule has 68 valence electrons. The molecule has 0 aromatic carbocycles. The van der Waals surface area contributed by atoms with E-state index in [2.05, 4.69) is 11.3 Å². The average Bonchev–Trinajstić information content (AvgIpc) is 1.98. The van der Waals surface area contributed by atoms with Gasteiger partial charge in [-0.15, -0.1) is 0 Å². The SMILES string of the molecule is C=C(C)C(=O)OCC(O)[P+](=O)[O-]. The van der Waals surface area contributed by atoms with Crippen LogP contribution in [0.2, 0.25) is 0 Å². The van der Waals surface area contributed by atoms with Crippen LogP contribution in [-0.4, -0.2) is 23.5 Å². The van der Waals surface area contributed by atoms with Crippen LogP contribution in [-0.2, 0) is 14.1 Å². The van der Waals surface area contributed by atoms with Crippen molar-refractivity contribution in [2.45, 2.75) is 12.8 Å². The maximum atomic E-state index is 10.6. The van der Waals surface area contributed by atoms with E-state index in [4.69, 9.17) is 5.11 Å². The van der Waals surface area contributed by atoms with Crippen molar-refractivity contribution in [3.8, 4) is 0 Å². The van der Waals surface area contributed by atoms with Crippen LogP contribution in [0.15, 0.2) is 12.2 Å². The summed E-state index contributed by atoms with van der Waals surface area (Å²) in [5.41, 5.74) is 0.156. The number of hydrogen-bond acceptors (Lipinski definition) is 5. The minimum Gasteiger partial charge on any atom is -0.593 e. The van der Waals surface area contributed by atoms with Crippen LogP contribution < -0.4 is 4.89 Å². The molecule has 5 nitrogen and oxygen atoms in total. The summed E-state index contributed by atoms with van der Waals surface area (Å²) >= 11 is 0. The van der Waals surface area contributed by atoms with Crippen molar-refractivity contribution >= 4 is 14.0 Å². The summed E-state index contributed by atoms with van der Waals surface area (Å²) in [6, 6.07) is 0. The predicted octanol–water partition coefficient (Wildman–Crippen LogP) is -0.473. The Morgan fingerprint density at radius 1 is 1.83 bits per heavy atom. The molecule has 2 atom stereocenters. The molecule has 0 saturated carbocycles. The zero-order valence-electron chi connectivity index (χ0n) is 6.52. The first-order chi connectivity index (χ1) is 5.45. The lowest BCUT2D eigenvalue weighted by Gasteiger charge is -2.03. The average molecular weight is 192 g/mol. The highest BCUT2D eigenvalue weighted by molar-refractivity contribution is 7.37. The zero-order valence-corrected chi connectivity index (χ0v) is 7.41. The van der Waals surface area contributed by atoms with Gasteiger partial charge in [0.05, 0.1) is 0 Å². The number of esters is 1. The Kier molecular flexibility index (Phi) is 4.66. The molecule has 0 aliphatic heterocycles. The van der Waals surface area contributed by atoms with Crippen molar-refractivity contribution in [1.82, 2.24) is 0 Å². The van der Waals surface area contributed by atoms with E-state index in [0.29, 0.717) is 0 Å². The molecule has 0 saturated heterocycles. The number of aliphatic hydroxyl groups is 1. The van der Waals surface area contributed by atoms with Gasteiger partial charge in [0, 0.05) is 5.57 Å². The fourth-order valence-corrected chi connectivity index (χ4v) is 0.531. The Labute approximate surface area is 70.5 Å². The van der Waals surface area contributed by atoms with Gasteiger partial charge in [-0.2, -0.15) is 0 Å². The Morgan fingerprint density at radius 3 is 2.67 bits per heavy atom. The molecule has 12 heavy (non-hydrogen) atoms. The first-order valence-corrected chi connectivity index (χ1v) is 4.34. The summed E-state index contributed by atoms with van der Waals surface area (Å²) < 4.78 is 14.4. The smallest absolute Gasteiger partial charge is 0.344 e. The van der Waals surface area contributed by atoms with Crippen molar-refractivity contribution < 1.29 is 24.1 Å². The highest BCUT2D eigenvalue weighted by Crippen LogP contribution is 2.14. The molecule has 6 heteroatoms. The fraction of sp³-hybridized carbons (Fsp3) is 0.500. The highest BCUT2D eigenvalue weighted by atomic mass is 31.1. The first-order valence-electron chi connectivity index (χ1n) is 3.09. The molecule has 0 rings (SSSR count). The second-order valence-corrected chi connectivity index (χ2v) is 3.31. The molecule has 0 spiro atoms. The summed E-state index contributed by atoms with van der Waals surface area (Å²) in [6.45, 7) is 4.14. The lowest BCUT2D eigenvalue weighted by Crippen LogP contribution is -2.18. The third kappa shape index (κ3) is 4.18. The van der Waals surface area contributed by atoms with Gasteiger partial charge in [0.2, 0.25) is 0 Å². The number of carbonyl (C=O) groups excluding carboxylic acids is 1. The molecule has 0 heterocycles. The number of rotatable bonds is 4. The summed E-state index contributed by atoms with van der Waals surface area (Å²) in [6.07, 6.45) is 0. The standard InChI is InChI=1S/C6H9O5P/c1-4(2)6(8)11-3-5(7)12(9)10/h5,7H,1,3H2,2H3.